The van der Waals surface area contributed by atoms with Gasteiger partial charge in [-0.1, -0.05) is 37.6 Å². The fraction of sp³-hybridized carbons (Fsp3) is 0.615. The maximum atomic E-state index is 14.8. The molecule has 2 aliphatic carbocycles. The Kier molecular flexibility index (Phi) is 11.6. The molecular weight excluding hydrogens is 769 g/mol. The van der Waals surface area contributed by atoms with Gasteiger partial charge in [0.15, 0.2) is 0 Å². The van der Waals surface area contributed by atoms with Crippen LogP contribution in [0.3, 0.4) is 0 Å². The van der Waals surface area contributed by atoms with E-state index >= 15 is 0 Å². The summed E-state index contributed by atoms with van der Waals surface area (Å²) >= 11 is 6.41. The van der Waals surface area contributed by atoms with Crippen molar-refractivity contribution in [1.82, 2.24) is 25.2 Å². The smallest absolute Gasteiger partial charge is 0.408 e. The summed E-state index contributed by atoms with van der Waals surface area (Å²) in [4.78, 5) is 62.0. The van der Waals surface area contributed by atoms with Gasteiger partial charge in [0.2, 0.25) is 21.8 Å². The van der Waals surface area contributed by atoms with Gasteiger partial charge in [-0.3, -0.25) is 19.1 Å². The van der Waals surface area contributed by atoms with E-state index in [9.17, 15) is 32.0 Å². The van der Waals surface area contributed by atoms with Crippen molar-refractivity contribution in [2.75, 3.05) is 20.3 Å². The second-order valence-electron chi connectivity index (χ2n) is 16.8. The largest absolute Gasteiger partial charge is 0.497 e. The van der Waals surface area contributed by atoms with Crippen LogP contribution in [0.15, 0.2) is 36.5 Å². The number of carbonyl (C=O) groups excluding carboxylic acids is 4. The first-order valence-corrected chi connectivity index (χ1v) is 20.9. The van der Waals surface area contributed by atoms with Crippen LogP contribution >= 0.6 is 11.6 Å². The normalized spacial score (nSPS) is 29.2. The molecule has 7 unspecified atom stereocenters. The lowest BCUT2D eigenvalue weighted by Gasteiger charge is -2.33. The zero-order valence-corrected chi connectivity index (χ0v) is 34.1. The molecule has 14 nitrogen and oxygen atoms in total. The van der Waals surface area contributed by atoms with E-state index in [4.69, 9.17) is 25.8 Å². The first kappa shape index (κ1) is 41.5. The highest BCUT2D eigenvalue weighted by Crippen LogP contribution is 2.48. The predicted molar refractivity (Wildman–Crippen MR) is 206 cm³/mol. The monoisotopic (exact) mass is 819 g/mol. The van der Waals surface area contributed by atoms with Crippen LogP contribution in [0.5, 0.6) is 11.5 Å². The average Bonchev–Trinajstić information content (AvgIpc) is 4.03. The Morgan fingerprint density at radius 2 is 1.88 bits per heavy atom. The van der Waals surface area contributed by atoms with Gasteiger partial charge in [0, 0.05) is 23.1 Å². The summed E-state index contributed by atoms with van der Waals surface area (Å²) in [5.74, 6) is -2.21. The maximum Gasteiger partial charge on any atom is 0.408 e. The summed E-state index contributed by atoms with van der Waals surface area (Å²) < 4.78 is 58.1. The lowest BCUT2D eigenvalue weighted by molar-refractivity contribution is -0.142. The van der Waals surface area contributed by atoms with Gasteiger partial charge in [0.25, 0.3) is 5.91 Å². The molecule has 306 valence electrons. The summed E-state index contributed by atoms with van der Waals surface area (Å²) in [7, 11) is -2.87. The number of aromatic nitrogens is 1. The molecule has 2 saturated carbocycles. The molecule has 4 aliphatic rings. The van der Waals surface area contributed by atoms with Crippen molar-refractivity contribution in [2.45, 2.75) is 114 Å². The minimum atomic E-state index is -4.39. The summed E-state index contributed by atoms with van der Waals surface area (Å²) in [6.07, 6.45) is 5.69. The van der Waals surface area contributed by atoms with Gasteiger partial charge in [0.1, 0.15) is 57.4 Å². The van der Waals surface area contributed by atoms with E-state index in [0.717, 1.165) is 6.42 Å². The van der Waals surface area contributed by atoms with E-state index in [2.05, 4.69) is 20.3 Å². The fourth-order valence-electron chi connectivity index (χ4n) is 7.75. The molecule has 6 rings (SSSR count). The van der Waals surface area contributed by atoms with Crippen molar-refractivity contribution < 1.29 is 46.2 Å². The Bertz CT molecular complexity index is 2020. The van der Waals surface area contributed by atoms with Gasteiger partial charge in [0.05, 0.1) is 19.9 Å². The van der Waals surface area contributed by atoms with Crippen molar-refractivity contribution >= 4 is 56.2 Å². The van der Waals surface area contributed by atoms with E-state index in [1.807, 2.05) is 19.9 Å². The summed E-state index contributed by atoms with van der Waals surface area (Å²) in [5.41, 5.74) is -2.52. The standard InChI is InChI=1S/C39H51ClFN5O9S/c1-22-9-7-8-10-24-18-39(24,35(49)45-56(51,52)38(21-41)13-14-38)44-33(47)29-17-26(54-30-19-42-32(40)27-12-11-25(53-6)16-28(27)30)20-46(29)34(48)31(23(2)15-22)43-36(50)55-37(3,4)5/h8,10-12,16,19,22-24,26,29,31H,7,9,13-15,17-18,20-21H2,1-6H3,(H,43,50)(H,44,47)(H,45,49). The molecule has 0 radical (unpaired) electrons. The van der Waals surface area contributed by atoms with Crippen LogP contribution in [0.4, 0.5) is 9.18 Å². The number of methoxy groups -OCH3 is 1. The predicted octanol–water partition coefficient (Wildman–Crippen LogP) is 4.97. The molecule has 4 amide bonds. The highest BCUT2D eigenvalue weighted by atomic mass is 35.5. The van der Waals surface area contributed by atoms with Crippen LogP contribution in [-0.2, 0) is 29.1 Å². The van der Waals surface area contributed by atoms with Crippen molar-refractivity contribution in [2.24, 2.45) is 17.8 Å². The summed E-state index contributed by atoms with van der Waals surface area (Å²) in [6, 6.07) is 2.90. The van der Waals surface area contributed by atoms with E-state index < -0.39 is 80.5 Å². The zero-order valence-electron chi connectivity index (χ0n) is 32.5. The third kappa shape index (κ3) is 8.55. The van der Waals surface area contributed by atoms with Crippen LogP contribution in [0.25, 0.3) is 10.8 Å². The molecule has 0 spiro atoms. The number of amides is 4. The third-order valence-electron chi connectivity index (χ3n) is 11.2. The Labute approximate surface area is 331 Å². The number of nitrogens with one attached hydrogen (secondary N) is 3. The van der Waals surface area contributed by atoms with Gasteiger partial charge >= 0.3 is 6.09 Å². The van der Waals surface area contributed by atoms with E-state index in [1.54, 1.807) is 45.0 Å². The highest BCUT2D eigenvalue weighted by molar-refractivity contribution is 7.91. The number of pyridine rings is 1. The van der Waals surface area contributed by atoms with Crippen LogP contribution < -0.4 is 24.8 Å². The number of hydrogen-bond donors (Lipinski definition) is 3. The van der Waals surface area contributed by atoms with Gasteiger partial charge in [-0.25, -0.2) is 22.6 Å². The lowest BCUT2D eigenvalue weighted by Crippen LogP contribution is -2.59. The van der Waals surface area contributed by atoms with Crippen LogP contribution in [0.2, 0.25) is 5.15 Å². The van der Waals surface area contributed by atoms with Crippen LogP contribution in [0, 0.1) is 17.8 Å². The Morgan fingerprint density at radius 3 is 2.54 bits per heavy atom. The second kappa shape index (κ2) is 15.6. The minimum absolute atomic E-state index is 0.0307. The molecule has 2 aromatic rings. The molecule has 7 atom stereocenters. The number of carbonyl (C=O) groups is 4. The number of halogens is 2. The van der Waals surface area contributed by atoms with Gasteiger partial charge in [-0.15, -0.1) is 0 Å². The second-order valence-corrected chi connectivity index (χ2v) is 19.2. The molecule has 3 heterocycles. The average molecular weight is 820 g/mol. The molecule has 56 heavy (non-hydrogen) atoms. The number of nitrogens with zero attached hydrogens (tertiary/aromatic N) is 2. The number of allylic oxidation sites excluding steroid dienone is 1. The molecule has 1 saturated heterocycles. The van der Waals surface area contributed by atoms with Crippen molar-refractivity contribution in [3.63, 3.8) is 0 Å². The molecule has 0 bridgehead atoms. The molecule has 3 N–H and O–H groups in total. The number of rotatable bonds is 8. The molecule has 1 aromatic carbocycles. The van der Waals surface area contributed by atoms with Crippen molar-refractivity contribution in [1.29, 1.82) is 0 Å². The highest BCUT2D eigenvalue weighted by Gasteiger charge is 2.64. The van der Waals surface area contributed by atoms with E-state index in [-0.39, 0.29) is 49.2 Å². The lowest BCUT2D eigenvalue weighted by atomic mass is 9.88. The number of sulfonamides is 1. The molecule has 1 aromatic heterocycles. The number of alkyl carbamates (subject to hydrolysis) is 1. The number of benzene rings is 1. The Balaban J connectivity index is 1.36. The maximum absolute atomic E-state index is 14.8. The van der Waals surface area contributed by atoms with Crippen molar-refractivity contribution in [3.05, 3.63) is 41.7 Å². The zero-order chi connectivity index (χ0) is 40.8. The summed E-state index contributed by atoms with van der Waals surface area (Å²) in [6.45, 7) is 7.81. The van der Waals surface area contributed by atoms with Gasteiger partial charge in [-0.2, -0.15) is 0 Å². The van der Waals surface area contributed by atoms with Crippen LogP contribution in [0.1, 0.15) is 79.6 Å². The van der Waals surface area contributed by atoms with Gasteiger partial charge in [-0.05, 0) is 89.3 Å². The molecule has 17 heteroatoms. The molecule has 2 aliphatic heterocycles. The van der Waals surface area contributed by atoms with E-state index in [0.29, 0.717) is 35.1 Å². The first-order valence-electron chi connectivity index (χ1n) is 19.0. The summed E-state index contributed by atoms with van der Waals surface area (Å²) in [5, 5.41) is 7.01. The first-order chi connectivity index (χ1) is 26.3. The fourth-order valence-corrected chi connectivity index (χ4v) is 9.39. The number of hydrogen-bond acceptors (Lipinski definition) is 10. The van der Waals surface area contributed by atoms with Gasteiger partial charge < -0.3 is 29.7 Å². The van der Waals surface area contributed by atoms with Crippen LogP contribution in [-0.4, -0.2) is 96.5 Å². The minimum Gasteiger partial charge on any atom is -0.497 e. The third-order valence-corrected chi connectivity index (χ3v) is 13.7. The number of alkyl halides is 1. The molecule has 3 fully saturated rings. The van der Waals surface area contributed by atoms with E-state index in [1.165, 1.54) is 18.2 Å². The topological polar surface area (TPSA) is 182 Å². The Hall–Kier alpha value is -4.18. The quantitative estimate of drug-likeness (QED) is 0.243. The molecular formula is C39H51ClFN5O9S. The number of ether oxygens (including phenoxy) is 3. The number of fused-ring (bicyclic) bond motifs is 3. The van der Waals surface area contributed by atoms with Crippen molar-refractivity contribution in [3.8, 4) is 11.5 Å². The Morgan fingerprint density at radius 1 is 1.14 bits per heavy atom. The SMILES string of the molecule is COc1ccc2c(Cl)ncc(OC3CC4C(=O)NC5(C(=O)NS(=O)(=O)C6(CF)CC6)CC5C=CCCC(C)CC(C)C(NC(=O)OC(C)(C)C)C(=O)N4C3)c2c1.